The Labute approximate surface area is 176 Å². The van der Waals surface area contributed by atoms with Crippen LogP contribution in [-0.2, 0) is 4.79 Å². The van der Waals surface area contributed by atoms with Gasteiger partial charge >= 0.3 is 0 Å². The first-order valence-corrected chi connectivity index (χ1v) is 10.8. The highest BCUT2D eigenvalue weighted by Gasteiger charge is 2.38. The number of likely N-dealkylation sites (N-methyl/N-ethyl adjacent to an activating group) is 1. The van der Waals surface area contributed by atoms with Gasteiger partial charge in [-0.05, 0) is 49.6 Å². The number of rotatable bonds is 2. The molecule has 4 heterocycles. The summed E-state index contributed by atoms with van der Waals surface area (Å²) in [6.07, 6.45) is 4.90. The number of aromatic nitrogens is 1. The van der Waals surface area contributed by atoms with E-state index in [1.54, 1.807) is 11.1 Å². The Kier molecular flexibility index (Phi) is 4.81. The van der Waals surface area contributed by atoms with Crippen molar-refractivity contribution in [2.75, 3.05) is 54.5 Å². The van der Waals surface area contributed by atoms with Crippen molar-refractivity contribution in [3.8, 4) is 0 Å². The standard InChI is InChI=1S/C23H27N5O2/c1-25-20-16-17(8-9-18(20)28-11-5-3-6-19(28)23(25)30)22(29)27-14-12-26(13-15-27)21-7-2-4-10-24-21/h2,4,7-10,16,19H,3,5-6,11-15H2,1H3/t19-/m0/s1. The molecule has 3 aliphatic rings. The van der Waals surface area contributed by atoms with Gasteiger partial charge in [0.1, 0.15) is 11.9 Å². The molecule has 1 aromatic carbocycles. The normalized spacial score (nSPS) is 21.4. The number of piperazine rings is 1. The molecule has 0 spiro atoms. The van der Waals surface area contributed by atoms with Crippen molar-refractivity contribution in [2.24, 2.45) is 0 Å². The first-order chi connectivity index (χ1) is 14.6. The molecule has 0 unspecified atom stereocenters. The third-order valence-electron chi connectivity index (χ3n) is 6.55. The van der Waals surface area contributed by atoms with Gasteiger partial charge in [0.25, 0.3) is 5.91 Å². The minimum atomic E-state index is -0.0579. The third-order valence-corrected chi connectivity index (χ3v) is 6.55. The van der Waals surface area contributed by atoms with Crippen LogP contribution in [0.3, 0.4) is 0 Å². The molecule has 156 valence electrons. The Hall–Kier alpha value is -3.09. The average Bonchev–Trinajstić information content (AvgIpc) is 2.82. The van der Waals surface area contributed by atoms with Crippen molar-refractivity contribution < 1.29 is 9.59 Å². The minimum Gasteiger partial charge on any atom is -0.358 e. The molecule has 3 aliphatic heterocycles. The average molecular weight is 406 g/mol. The molecule has 0 aliphatic carbocycles. The van der Waals surface area contributed by atoms with E-state index in [4.69, 9.17) is 0 Å². The molecule has 5 rings (SSSR count). The number of carbonyl (C=O) groups is 2. The second-order valence-corrected chi connectivity index (χ2v) is 8.27. The van der Waals surface area contributed by atoms with Crippen LogP contribution in [0.15, 0.2) is 42.6 Å². The zero-order valence-corrected chi connectivity index (χ0v) is 17.3. The smallest absolute Gasteiger partial charge is 0.254 e. The van der Waals surface area contributed by atoms with Crippen LogP contribution in [0.1, 0.15) is 29.6 Å². The number of benzene rings is 1. The zero-order chi connectivity index (χ0) is 20.7. The van der Waals surface area contributed by atoms with Gasteiger partial charge < -0.3 is 19.6 Å². The van der Waals surface area contributed by atoms with Crippen molar-refractivity contribution in [1.29, 1.82) is 0 Å². The van der Waals surface area contributed by atoms with E-state index in [-0.39, 0.29) is 17.9 Å². The van der Waals surface area contributed by atoms with Crippen LogP contribution in [-0.4, -0.2) is 67.5 Å². The molecule has 0 N–H and O–H groups in total. The van der Waals surface area contributed by atoms with Gasteiger partial charge in [0.15, 0.2) is 0 Å². The van der Waals surface area contributed by atoms with Gasteiger partial charge in [-0.3, -0.25) is 9.59 Å². The van der Waals surface area contributed by atoms with E-state index in [0.717, 1.165) is 56.1 Å². The van der Waals surface area contributed by atoms with E-state index in [2.05, 4.69) is 14.8 Å². The molecule has 2 fully saturated rings. The molecule has 1 aromatic heterocycles. The topological polar surface area (TPSA) is 60.0 Å². The fourth-order valence-electron chi connectivity index (χ4n) is 4.85. The number of pyridine rings is 1. The predicted molar refractivity (Wildman–Crippen MR) is 117 cm³/mol. The van der Waals surface area contributed by atoms with Crippen LogP contribution in [0, 0.1) is 0 Å². The number of piperidine rings is 1. The molecular formula is C23H27N5O2. The second-order valence-electron chi connectivity index (χ2n) is 8.27. The highest BCUT2D eigenvalue weighted by atomic mass is 16.2. The summed E-state index contributed by atoms with van der Waals surface area (Å²) in [7, 11) is 1.83. The number of hydrogen-bond donors (Lipinski definition) is 0. The Balaban J connectivity index is 1.33. The summed E-state index contributed by atoms with van der Waals surface area (Å²) >= 11 is 0. The fourth-order valence-corrected chi connectivity index (χ4v) is 4.85. The maximum atomic E-state index is 13.2. The van der Waals surface area contributed by atoms with Crippen LogP contribution in [0.4, 0.5) is 17.2 Å². The summed E-state index contributed by atoms with van der Waals surface area (Å²) in [5.41, 5.74) is 2.56. The summed E-state index contributed by atoms with van der Waals surface area (Å²) in [4.78, 5) is 38.5. The van der Waals surface area contributed by atoms with Gasteiger partial charge in [-0.15, -0.1) is 0 Å². The van der Waals surface area contributed by atoms with E-state index in [9.17, 15) is 9.59 Å². The molecule has 1 atom stereocenters. The summed E-state index contributed by atoms with van der Waals surface area (Å²) in [6, 6.07) is 11.7. The lowest BCUT2D eigenvalue weighted by molar-refractivity contribution is -0.120. The largest absolute Gasteiger partial charge is 0.358 e. The van der Waals surface area contributed by atoms with Crippen molar-refractivity contribution in [3.05, 3.63) is 48.2 Å². The molecule has 2 aromatic rings. The van der Waals surface area contributed by atoms with Gasteiger partial charge in [-0.25, -0.2) is 4.98 Å². The Morgan fingerprint density at radius 1 is 1.00 bits per heavy atom. The first-order valence-electron chi connectivity index (χ1n) is 10.8. The third kappa shape index (κ3) is 3.18. The van der Waals surface area contributed by atoms with Gasteiger partial charge in [-0.2, -0.15) is 0 Å². The van der Waals surface area contributed by atoms with Crippen molar-refractivity contribution in [2.45, 2.75) is 25.3 Å². The van der Waals surface area contributed by atoms with Crippen LogP contribution >= 0.6 is 0 Å². The molecule has 2 saturated heterocycles. The van der Waals surface area contributed by atoms with E-state index < -0.39 is 0 Å². The maximum Gasteiger partial charge on any atom is 0.254 e. The molecule has 0 bridgehead atoms. The van der Waals surface area contributed by atoms with Crippen LogP contribution in [0.5, 0.6) is 0 Å². The SMILES string of the molecule is CN1C(=O)[C@@H]2CCCCN2c2ccc(C(=O)N3CCN(c4ccccn4)CC3)cc21. The van der Waals surface area contributed by atoms with Gasteiger partial charge in [0.05, 0.1) is 11.4 Å². The van der Waals surface area contributed by atoms with Crippen molar-refractivity contribution in [1.82, 2.24) is 9.88 Å². The lowest BCUT2D eigenvalue weighted by Gasteiger charge is -2.44. The highest BCUT2D eigenvalue weighted by Crippen LogP contribution is 2.39. The minimum absolute atomic E-state index is 0.0279. The predicted octanol–water partition coefficient (Wildman–Crippen LogP) is 2.38. The van der Waals surface area contributed by atoms with Gasteiger partial charge in [0.2, 0.25) is 5.91 Å². The van der Waals surface area contributed by atoms with Crippen LogP contribution in [0.25, 0.3) is 0 Å². The number of hydrogen-bond acceptors (Lipinski definition) is 5. The summed E-state index contributed by atoms with van der Waals surface area (Å²) in [5, 5.41) is 0. The number of fused-ring (bicyclic) bond motifs is 3. The number of nitrogens with zero attached hydrogens (tertiary/aromatic N) is 5. The second kappa shape index (κ2) is 7.63. The molecule has 2 amide bonds. The van der Waals surface area contributed by atoms with E-state index >= 15 is 0 Å². The lowest BCUT2D eigenvalue weighted by atomic mass is 9.95. The number of anilines is 3. The van der Waals surface area contributed by atoms with Crippen molar-refractivity contribution in [3.63, 3.8) is 0 Å². The summed E-state index contributed by atoms with van der Waals surface area (Å²) in [5.74, 6) is 1.12. The molecular weight excluding hydrogens is 378 g/mol. The number of amides is 2. The number of carbonyl (C=O) groups excluding carboxylic acids is 2. The lowest BCUT2D eigenvalue weighted by Crippen LogP contribution is -2.54. The fraction of sp³-hybridized carbons (Fsp3) is 0.435. The van der Waals surface area contributed by atoms with Gasteiger partial charge in [0, 0.05) is 51.5 Å². The molecule has 7 heteroatoms. The van der Waals surface area contributed by atoms with E-state index in [1.165, 1.54) is 0 Å². The molecule has 30 heavy (non-hydrogen) atoms. The quantitative estimate of drug-likeness (QED) is 0.768. The maximum absolute atomic E-state index is 13.2. The van der Waals surface area contributed by atoms with Crippen molar-refractivity contribution >= 4 is 29.0 Å². The Morgan fingerprint density at radius 3 is 2.60 bits per heavy atom. The monoisotopic (exact) mass is 405 g/mol. The molecule has 0 saturated carbocycles. The first kappa shape index (κ1) is 18.9. The van der Waals surface area contributed by atoms with Gasteiger partial charge in [-0.1, -0.05) is 6.07 Å². The van der Waals surface area contributed by atoms with E-state index in [0.29, 0.717) is 18.7 Å². The highest BCUT2D eigenvalue weighted by molar-refractivity contribution is 6.07. The Bertz CT molecular complexity index is 955. The summed E-state index contributed by atoms with van der Waals surface area (Å²) < 4.78 is 0. The van der Waals surface area contributed by atoms with Crippen LogP contribution in [0.2, 0.25) is 0 Å². The summed E-state index contributed by atoms with van der Waals surface area (Å²) in [6.45, 7) is 3.76. The molecule has 7 nitrogen and oxygen atoms in total. The van der Waals surface area contributed by atoms with E-state index in [1.807, 2.05) is 48.3 Å². The zero-order valence-electron chi connectivity index (χ0n) is 17.3. The van der Waals surface area contributed by atoms with Crippen LogP contribution < -0.4 is 14.7 Å². The Morgan fingerprint density at radius 2 is 1.83 bits per heavy atom. The molecule has 0 radical (unpaired) electrons.